The van der Waals surface area contributed by atoms with Crippen molar-refractivity contribution in [2.75, 3.05) is 0 Å². The number of carbonyl (C=O) groups is 1. The van der Waals surface area contributed by atoms with Crippen molar-refractivity contribution in [1.29, 1.82) is 0 Å². The number of halogens is 1. The summed E-state index contributed by atoms with van der Waals surface area (Å²) in [4.78, 5) is 12.4. The molecule has 0 aliphatic heterocycles. The van der Waals surface area contributed by atoms with Crippen LogP contribution < -0.4 is 11.1 Å². The van der Waals surface area contributed by atoms with E-state index in [4.69, 9.17) is 5.73 Å². The van der Waals surface area contributed by atoms with Gasteiger partial charge in [0, 0.05) is 12.1 Å². The molecule has 1 aliphatic rings. The molecule has 0 bridgehead atoms. The molecule has 3 unspecified atom stereocenters. The molecule has 0 spiro atoms. The molecule has 21 heavy (non-hydrogen) atoms. The SMILES string of the molecule is CC(Cc1ccc(F)cc1)NC(=O)C1CCCCCC1N. The van der Waals surface area contributed by atoms with E-state index in [-0.39, 0.29) is 29.7 Å². The van der Waals surface area contributed by atoms with Crippen molar-refractivity contribution in [2.45, 2.75) is 57.5 Å². The molecule has 1 fully saturated rings. The van der Waals surface area contributed by atoms with Crippen LogP contribution in [0.15, 0.2) is 24.3 Å². The van der Waals surface area contributed by atoms with Gasteiger partial charge in [0.2, 0.25) is 5.91 Å². The minimum Gasteiger partial charge on any atom is -0.353 e. The van der Waals surface area contributed by atoms with Crippen LogP contribution in [0.1, 0.15) is 44.6 Å². The Hall–Kier alpha value is -1.42. The van der Waals surface area contributed by atoms with Gasteiger partial charge >= 0.3 is 0 Å². The van der Waals surface area contributed by atoms with Crippen LogP contribution in [0.25, 0.3) is 0 Å². The lowest BCUT2D eigenvalue weighted by Gasteiger charge is -2.23. The number of hydrogen-bond acceptors (Lipinski definition) is 2. The monoisotopic (exact) mass is 292 g/mol. The summed E-state index contributed by atoms with van der Waals surface area (Å²) in [6.07, 6.45) is 5.89. The number of nitrogens with two attached hydrogens (primary N) is 1. The predicted molar refractivity (Wildman–Crippen MR) is 82.3 cm³/mol. The van der Waals surface area contributed by atoms with E-state index < -0.39 is 0 Å². The first-order chi connectivity index (χ1) is 10.1. The number of amides is 1. The van der Waals surface area contributed by atoms with Crippen molar-refractivity contribution >= 4 is 5.91 Å². The van der Waals surface area contributed by atoms with E-state index in [0.717, 1.165) is 31.2 Å². The Bertz CT molecular complexity index is 460. The zero-order chi connectivity index (χ0) is 15.2. The fourth-order valence-corrected chi connectivity index (χ4v) is 3.04. The smallest absolute Gasteiger partial charge is 0.224 e. The van der Waals surface area contributed by atoms with Gasteiger partial charge < -0.3 is 11.1 Å². The summed E-state index contributed by atoms with van der Waals surface area (Å²) < 4.78 is 12.9. The standard InChI is InChI=1S/C17H25FN2O/c1-12(11-13-7-9-14(18)10-8-13)20-17(21)15-5-3-2-4-6-16(15)19/h7-10,12,15-16H,2-6,11,19H2,1H3,(H,20,21). The normalized spacial score (nSPS) is 24.1. The van der Waals surface area contributed by atoms with Gasteiger partial charge in [-0.2, -0.15) is 0 Å². The van der Waals surface area contributed by atoms with Crippen LogP contribution >= 0.6 is 0 Å². The Morgan fingerprint density at radius 2 is 1.95 bits per heavy atom. The van der Waals surface area contributed by atoms with Gasteiger partial charge in [-0.1, -0.05) is 31.4 Å². The van der Waals surface area contributed by atoms with Gasteiger partial charge in [0.25, 0.3) is 0 Å². The van der Waals surface area contributed by atoms with Crippen LogP contribution in [0.2, 0.25) is 0 Å². The highest BCUT2D eigenvalue weighted by Gasteiger charge is 2.27. The Labute approximate surface area is 126 Å². The van der Waals surface area contributed by atoms with Crippen LogP contribution in [0.5, 0.6) is 0 Å². The summed E-state index contributed by atoms with van der Waals surface area (Å²) in [6.45, 7) is 1.98. The lowest BCUT2D eigenvalue weighted by atomic mass is 9.94. The van der Waals surface area contributed by atoms with Crippen LogP contribution in [-0.2, 0) is 11.2 Å². The molecule has 0 heterocycles. The first-order valence-electron chi connectivity index (χ1n) is 7.86. The van der Waals surface area contributed by atoms with Gasteiger partial charge in [-0.15, -0.1) is 0 Å². The molecule has 3 nitrogen and oxygen atoms in total. The first kappa shape index (κ1) is 16.0. The molecule has 116 valence electrons. The maximum atomic E-state index is 12.9. The number of carbonyl (C=O) groups excluding carboxylic acids is 1. The number of rotatable bonds is 4. The molecule has 1 saturated carbocycles. The van der Waals surface area contributed by atoms with E-state index in [2.05, 4.69) is 5.32 Å². The number of hydrogen-bond donors (Lipinski definition) is 2. The molecule has 2 rings (SSSR count). The molecule has 3 N–H and O–H groups in total. The second kappa shape index (κ2) is 7.55. The molecule has 0 saturated heterocycles. The Balaban J connectivity index is 1.87. The van der Waals surface area contributed by atoms with E-state index in [1.807, 2.05) is 6.92 Å². The van der Waals surface area contributed by atoms with Gasteiger partial charge in [0.05, 0.1) is 5.92 Å². The van der Waals surface area contributed by atoms with Crippen molar-refractivity contribution < 1.29 is 9.18 Å². The second-order valence-corrected chi connectivity index (χ2v) is 6.15. The third-order valence-electron chi connectivity index (χ3n) is 4.25. The zero-order valence-electron chi connectivity index (χ0n) is 12.6. The predicted octanol–water partition coefficient (Wildman–Crippen LogP) is 2.78. The zero-order valence-corrected chi connectivity index (χ0v) is 12.6. The van der Waals surface area contributed by atoms with Crippen LogP contribution in [-0.4, -0.2) is 18.0 Å². The quantitative estimate of drug-likeness (QED) is 0.838. The third-order valence-corrected chi connectivity index (χ3v) is 4.25. The molecule has 1 aliphatic carbocycles. The molecule has 3 atom stereocenters. The highest BCUT2D eigenvalue weighted by molar-refractivity contribution is 5.79. The average molecular weight is 292 g/mol. The molecular formula is C17H25FN2O. The Morgan fingerprint density at radius 3 is 2.67 bits per heavy atom. The van der Waals surface area contributed by atoms with E-state index in [9.17, 15) is 9.18 Å². The largest absolute Gasteiger partial charge is 0.353 e. The van der Waals surface area contributed by atoms with Gasteiger partial charge in [-0.3, -0.25) is 4.79 Å². The number of benzene rings is 1. The number of nitrogens with one attached hydrogen (secondary N) is 1. The third kappa shape index (κ3) is 4.81. The van der Waals surface area contributed by atoms with Gasteiger partial charge in [-0.05, 0) is 43.9 Å². The minimum atomic E-state index is -0.236. The molecular weight excluding hydrogens is 267 g/mol. The fraction of sp³-hybridized carbons (Fsp3) is 0.588. The maximum Gasteiger partial charge on any atom is 0.224 e. The summed E-state index contributed by atoms with van der Waals surface area (Å²) >= 11 is 0. The second-order valence-electron chi connectivity index (χ2n) is 6.15. The highest BCUT2D eigenvalue weighted by atomic mass is 19.1. The Morgan fingerprint density at radius 1 is 1.29 bits per heavy atom. The van der Waals surface area contributed by atoms with Crippen LogP contribution in [0.3, 0.4) is 0 Å². The maximum absolute atomic E-state index is 12.9. The summed E-state index contributed by atoms with van der Waals surface area (Å²) in [6, 6.07) is 6.42. The Kier molecular flexibility index (Phi) is 5.74. The fourth-order valence-electron chi connectivity index (χ4n) is 3.04. The van der Waals surface area contributed by atoms with Crippen molar-refractivity contribution in [1.82, 2.24) is 5.32 Å². The molecule has 0 radical (unpaired) electrons. The van der Waals surface area contributed by atoms with Crippen molar-refractivity contribution in [3.8, 4) is 0 Å². The summed E-state index contributed by atoms with van der Waals surface area (Å²) in [7, 11) is 0. The van der Waals surface area contributed by atoms with Crippen molar-refractivity contribution in [3.63, 3.8) is 0 Å². The average Bonchev–Trinajstić information content (AvgIpc) is 2.66. The molecule has 1 aromatic carbocycles. The van der Waals surface area contributed by atoms with Crippen LogP contribution in [0, 0.1) is 11.7 Å². The van der Waals surface area contributed by atoms with E-state index in [1.165, 1.54) is 18.6 Å². The summed E-state index contributed by atoms with van der Waals surface area (Å²) in [5.74, 6) is -0.234. The van der Waals surface area contributed by atoms with Crippen molar-refractivity contribution in [2.24, 2.45) is 11.7 Å². The van der Waals surface area contributed by atoms with E-state index >= 15 is 0 Å². The molecule has 0 aromatic heterocycles. The summed E-state index contributed by atoms with van der Waals surface area (Å²) in [5.41, 5.74) is 7.14. The lowest BCUT2D eigenvalue weighted by molar-refractivity contribution is -0.126. The molecule has 1 amide bonds. The highest BCUT2D eigenvalue weighted by Crippen LogP contribution is 2.22. The molecule has 1 aromatic rings. The van der Waals surface area contributed by atoms with Gasteiger partial charge in [-0.25, -0.2) is 4.39 Å². The van der Waals surface area contributed by atoms with Gasteiger partial charge in [0.1, 0.15) is 5.82 Å². The van der Waals surface area contributed by atoms with E-state index in [0.29, 0.717) is 6.42 Å². The topological polar surface area (TPSA) is 55.1 Å². The summed E-state index contributed by atoms with van der Waals surface area (Å²) in [5, 5.41) is 3.06. The molecule has 4 heteroatoms. The first-order valence-corrected chi connectivity index (χ1v) is 7.86. The minimum absolute atomic E-state index is 0.0227. The van der Waals surface area contributed by atoms with Crippen LogP contribution in [0.4, 0.5) is 4.39 Å². The lowest BCUT2D eigenvalue weighted by Crippen LogP contribution is -2.44. The van der Waals surface area contributed by atoms with Crippen molar-refractivity contribution in [3.05, 3.63) is 35.6 Å². The van der Waals surface area contributed by atoms with E-state index in [1.54, 1.807) is 12.1 Å². The van der Waals surface area contributed by atoms with Gasteiger partial charge in [0.15, 0.2) is 0 Å².